The van der Waals surface area contributed by atoms with E-state index >= 15 is 0 Å². The molecule has 1 aromatic carbocycles. The maximum Gasteiger partial charge on any atom is 0.226 e. The number of methoxy groups -OCH3 is 1. The molecule has 0 bridgehead atoms. The third-order valence-electron chi connectivity index (χ3n) is 2.54. The van der Waals surface area contributed by atoms with E-state index in [2.05, 4.69) is 22.2 Å². The van der Waals surface area contributed by atoms with E-state index in [4.69, 9.17) is 15.2 Å². The molecule has 0 saturated carbocycles. The average molecular weight is 274 g/mol. The van der Waals surface area contributed by atoms with Crippen LogP contribution in [0.25, 0.3) is 0 Å². The molecule has 0 aliphatic rings. The minimum atomic E-state index is 0.170. The molecule has 1 heterocycles. The fraction of sp³-hybridized carbons (Fsp3) is 0.286. The van der Waals surface area contributed by atoms with E-state index in [0.29, 0.717) is 23.2 Å². The number of aromatic nitrogens is 2. The number of hydrogen-bond donors (Lipinski definition) is 2. The van der Waals surface area contributed by atoms with Gasteiger partial charge in [-0.15, -0.1) is 0 Å². The zero-order valence-electron chi connectivity index (χ0n) is 11.6. The Bertz CT molecular complexity index is 575. The summed E-state index contributed by atoms with van der Waals surface area (Å²) in [4.78, 5) is 8.15. The number of hydrogen-bond acceptors (Lipinski definition) is 6. The van der Waals surface area contributed by atoms with Gasteiger partial charge in [-0.3, -0.25) is 0 Å². The molecule has 2 aromatic rings. The Morgan fingerprint density at radius 2 is 2.00 bits per heavy atom. The van der Waals surface area contributed by atoms with Crippen LogP contribution in [0.1, 0.15) is 13.3 Å². The molecule has 0 aliphatic heterocycles. The minimum Gasteiger partial charge on any atom is -0.497 e. The van der Waals surface area contributed by atoms with Gasteiger partial charge in [0.15, 0.2) is 0 Å². The van der Waals surface area contributed by atoms with Crippen LogP contribution in [0.2, 0.25) is 0 Å². The fourth-order valence-electron chi connectivity index (χ4n) is 1.62. The van der Waals surface area contributed by atoms with Crippen molar-refractivity contribution in [3.8, 4) is 17.4 Å². The summed E-state index contributed by atoms with van der Waals surface area (Å²) in [6.07, 6.45) is 0.996. The maximum atomic E-state index is 5.67. The Labute approximate surface area is 118 Å². The van der Waals surface area contributed by atoms with Crippen LogP contribution in [0, 0.1) is 0 Å². The lowest BCUT2D eigenvalue weighted by molar-refractivity contribution is 0.407. The van der Waals surface area contributed by atoms with Gasteiger partial charge >= 0.3 is 0 Å². The summed E-state index contributed by atoms with van der Waals surface area (Å²) in [5, 5.41) is 3.15. The van der Waals surface area contributed by atoms with Crippen LogP contribution in [0.4, 0.5) is 11.8 Å². The third kappa shape index (κ3) is 3.74. The van der Waals surface area contributed by atoms with Gasteiger partial charge in [-0.1, -0.05) is 13.0 Å². The van der Waals surface area contributed by atoms with Gasteiger partial charge in [-0.2, -0.15) is 9.97 Å². The monoisotopic (exact) mass is 274 g/mol. The zero-order chi connectivity index (χ0) is 14.4. The Morgan fingerprint density at radius 3 is 2.75 bits per heavy atom. The number of nitrogen functional groups attached to an aromatic ring is 1. The summed E-state index contributed by atoms with van der Waals surface area (Å²) in [6.45, 7) is 2.89. The largest absolute Gasteiger partial charge is 0.497 e. The second kappa shape index (κ2) is 6.60. The van der Waals surface area contributed by atoms with Crippen molar-refractivity contribution in [1.82, 2.24) is 9.97 Å². The van der Waals surface area contributed by atoms with Crippen molar-refractivity contribution in [3.63, 3.8) is 0 Å². The predicted octanol–water partition coefficient (Wildman–Crippen LogP) is 2.68. The van der Waals surface area contributed by atoms with E-state index in [1.54, 1.807) is 19.2 Å². The SMILES string of the molecule is CCCNc1cc(Oc2cccc(OC)c2)nc(N)n1. The van der Waals surface area contributed by atoms with Gasteiger partial charge in [0.1, 0.15) is 17.3 Å². The van der Waals surface area contributed by atoms with Crippen LogP contribution >= 0.6 is 0 Å². The van der Waals surface area contributed by atoms with Crippen LogP contribution in [0.3, 0.4) is 0 Å². The van der Waals surface area contributed by atoms with Gasteiger partial charge in [0, 0.05) is 18.7 Å². The molecule has 20 heavy (non-hydrogen) atoms. The number of ether oxygens (including phenoxy) is 2. The highest BCUT2D eigenvalue weighted by Gasteiger charge is 2.05. The van der Waals surface area contributed by atoms with Crippen molar-refractivity contribution in [2.75, 3.05) is 24.7 Å². The molecule has 0 radical (unpaired) electrons. The predicted molar refractivity (Wildman–Crippen MR) is 78.3 cm³/mol. The van der Waals surface area contributed by atoms with Gasteiger partial charge in [0.25, 0.3) is 0 Å². The first-order valence-corrected chi connectivity index (χ1v) is 6.41. The topological polar surface area (TPSA) is 82.3 Å². The van der Waals surface area contributed by atoms with Crippen molar-refractivity contribution < 1.29 is 9.47 Å². The molecule has 2 rings (SSSR count). The molecule has 0 amide bonds. The molecule has 6 nitrogen and oxygen atoms in total. The second-order valence-corrected chi connectivity index (χ2v) is 4.16. The Morgan fingerprint density at radius 1 is 1.20 bits per heavy atom. The maximum absolute atomic E-state index is 5.67. The van der Waals surface area contributed by atoms with E-state index in [1.165, 1.54) is 0 Å². The summed E-state index contributed by atoms with van der Waals surface area (Å²) in [5.74, 6) is 2.56. The van der Waals surface area contributed by atoms with Gasteiger partial charge < -0.3 is 20.5 Å². The van der Waals surface area contributed by atoms with Crippen molar-refractivity contribution in [2.24, 2.45) is 0 Å². The van der Waals surface area contributed by atoms with E-state index in [0.717, 1.165) is 13.0 Å². The van der Waals surface area contributed by atoms with Gasteiger partial charge in [0.2, 0.25) is 11.8 Å². The number of nitrogens with one attached hydrogen (secondary N) is 1. The molecule has 0 unspecified atom stereocenters. The first-order valence-electron chi connectivity index (χ1n) is 6.41. The molecule has 0 spiro atoms. The summed E-state index contributed by atoms with van der Waals surface area (Å²) >= 11 is 0. The lowest BCUT2D eigenvalue weighted by atomic mass is 10.3. The molecular weight excluding hydrogens is 256 g/mol. The standard InChI is InChI=1S/C14H18N4O2/c1-3-7-16-12-9-13(18-14(15)17-12)20-11-6-4-5-10(8-11)19-2/h4-6,8-9H,3,7H2,1-2H3,(H3,15,16,17,18). The van der Waals surface area contributed by atoms with E-state index in [9.17, 15) is 0 Å². The molecule has 1 aromatic heterocycles. The number of benzene rings is 1. The number of nitrogens with two attached hydrogens (primary N) is 1. The van der Waals surface area contributed by atoms with Crippen LogP contribution in [0.15, 0.2) is 30.3 Å². The number of anilines is 2. The molecule has 0 saturated heterocycles. The summed E-state index contributed by atoms with van der Waals surface area (Å²) in [6, 6.07) is 8.99. The van der Waals surface area contributed by atoms with Gasteiger partial charge in [0.05, 0.1) is 7.11 Å². The highest BCUT2D eigenvalue weighted by molar-refractivity contribution is 5.44. The second-order valence-electron chi connectivity index (χ2n) is 4.16. The summed E-state index contributed by atoms with van der Waals surface area (Å²) in [5.41, 5.74) is 5.67. The van der Waals surface area contributed by atoms with Crippen molar-refractivity contribution >= 4 is 11.8 Å². The van der Waals surface area contributed by atoms with Crippen molar-refractivity contribution in [3.05, 3.63) is 30.3 Å². The highest BCUT2D eigenvalue weighted by Crippen LogP contribution is 2.25. The lowest BCUT2D eigenvalue weighted by Gasteiger charge is -2.09. The minimum absolute atomic E-state index is 0.170. The number of rotatable bonds is 6. The number of nitrogens with zero attached hydrogens (tertiary/aromatic N) is 2. The molecule has 0 atom stereocenters. The van der Waals surface area contributed by atoms with E-state index < -0.39 is 0 Å². The first kappa shape index (κ1) is 13.9. The Balaban J connectivity index is 2.17. The van der Waals surface area contributed by atoms with Crippen LogP contribution < -0.4 is 20.5 Å². The van der Waals surface area contributed by atoms with E-state index in [1.807, 2.05) is 18.2 Å². The van der Waals surface area contributed by atoms with Crippen molar-refractivity contribution in [1.29, 1.82) is 0 Å². The normalized spacial score (nSPS) is 10.1. The molecule has 3 N–H and O–H groups in total. The summed E-state index contributed by atoms with van der Waals surface area (Å²) in [7, 11) is 1.61. The smallest absolute Gasteiger partial charge is 0.226 e. The van der Waals surface area contributed by atoms with Crippen LogP contribution in [-0.2, 0) is 0 Å². The van der Waals surface area contributed by atoms with Crippen molar-refractivity contribution in [2.45, 2.75) is 13.3 Å². The van der Waals surface area contributed by atoms with Gasteiger partial charge in [-0.25, -0.2) is 0 Å². The molecular formula is C14H18N4O2. The Kier molecular flexibility index (Phi) is 4.60. The average Bonchev–Trinajstić information content (AvgIpc) is 2.44. The molecule has 6 heteroatoms. The summed E-state index contributed by atoms with van der Waals surface area (Å²) < 4.78 is 10.8. The lowest BCUT2D eigenvalue weighted by Crippen LogP contribution is -2.05. The molecule has 106 valence electrons. The highest BCUT2D eigenvalue weighted by atomic mass is 16.5. The fourth-order valence-corrected chi connectivity index (χ4v) is 1.62. The first-order chi connectivity index (χ1) is 9.71. The van der Waals surface area contributed by atoms with Gasteiger partial charge in [-0.05, 0) is 18.6 Å². The quantitative estimate of drug-likeness (QED) is 0.842. The van der Waals surface area contributed by atoms with E-state index in [-0.39, 0.29) is 5.95 Å². The zero-order valence-corrected chi connectivity index (χ0v) is 11.6. The Hall–Kier alpha value is -2.50. The molecule has 0 fully saturated rings. The third-order valence-corrected chi connectivity index (χ3v) is 2.54. The molecule has 0 aliphatic carbocycles. The van der Waals surface area contributed by atoms with Crippen LogP contribution in [0.5, 0.6) is 17.4 Å². The van der Waals surface area contributed by atoms with Crippen LogP contribution in [-0.4, -0.2) is 23.6 Å².